The van der Waals surface area contributed by atoms with Crippen molar-refractivity contribution in [3.8, 4) is 5.75 Å². The third kappa shape index (κ3) is 5.35. The first-order valence-corrected chi connectivity index (χ1v) is 8.14. The Hall–Kier alpha value is -2.82. The highest BCUT2D eigenvalue weighted by Crippen LogP contribution is 2.16. The molecule has 5 nitrogen and oxygen atoms in total. The maximum atomic E-state index is 12.0. The monoisotopic (exact) mass is 340 g/mol. The van der Waals surface area contributed by atoms with Crippen LogP contribution in [0.3, 0.4) is 0 Å². The summed E-state index contributed by atoms with van der Waals surface area (Å²) in [6.45, 7) is 4.34. The number of carbonyl (C=O) groups is 2. The van der Waals surface area contributed by atoms with Crippen LogP contribution in [0.4, 0.5) is 0 Å². The van der Waals surface area contributed by atoms with Gasteiger partial charge in [0.25, 0.3) is 11.8 Å². The number of hydrogen-bond acceptors (Lipinski definition) is 3. The quantitative estimate of drug-likeness (QED) is 0.879. The molecule has 2 aromatic carbocycles. The van der Waals surface area contributed by atoms with E-state index in [1.165, 1.54) is 10.5 Å². The van der Waals surface area contributed by atoms with Crippen LogP contribution in [-0.2, 0) is 11.3 Å². The number of benzene rings is 2. The molecule has 0 radical (unpaired) electrons. The standard InChI is InChI=1S/C20H24N2O3/c1-14-8-9-18(10-15(14)2)25-13-19(23)21-12-16-6-5-7-17(11-16)20(24)22(3)4/h5-11H,12-13H2,1-4H3,(H,21,23). The molecule has 0 aliphatic heterocycles. The van der Waals surface area contributed by atoms with Gasteiger partial charge in [-0.3, -0.25) is 9.59 Å². The number of nitrogens with zero attached hydrogens (tertiary/aromatic N) is 1. The first-order valence-electron chi connectivity index (χ1n) is 8.14. The molecule has 0 heterocycles. The van der Waals surface area contributed by atoms with Gasteiger partial charge in [0.2, 0.25) is 0 Å². The number of rotatable bonds is 6. The summed E-state index contributed by atoms with van der Waals surface area (Å²) in [5, 5.41) is 2.80. The Morgan fingerprint density at radius 1 is 1.04 bits per heavy atom. The van der Waals surface area contributed by atoms with Crippen LogP contribution < -0.4 is 10.1 Å². The second-order valence-corrected chi connectivity index (χ2v) is 6.21. The number of carbonyl (C=O) groups excluding carboxylic acids is 2. The highest BCUT2D eigenvalue weighted by Gasteiger charge is 2.09. The van der Waals surface area contributed by atoms with Gasteiger partial charge in [0.15, 0.2) is 6.61 Å². The van der Waals surface area contributed by atoms with E-state index in [-0.39, 0.29) is 18.4 Å². The zero-order valence-corrected chi connectivity index (χ0v) is 15.1. The van der Waals surface area contributed by atoms with E-state index in [4.69, 9.17) is 4.74 Å². The fourth-order valence-corrected chi connectivity index (χ4v) is 2.28. The largest absolute Gasteiger partial charge is 0.484 e. The summed E-state index contributed by atoms with van der Waals surface area (Å²) >= 11 is 0. The lowest BCUT2D eigenvalue weighted by atomic mass is 10.1. The summed E-state index contributed by atoms with van der Waals surface area (Å²) in [6.07, 6.45) is 0. The van der Waals surface area contributed by atoms with Crippen LogP contribution in [0.2, 0.25) is 0 Å². The molecule has 0 spiro atoms. The van der Waals surface area contributed by atoms with Gasteiger partial charge in [-0.25, -0.2) is 0 Å². The number of aryl methyl sites for hydroxylation is 2. The van der Waals surface area contributed by atoms with Gasteiger partial charge in [-0.05, 0) is 54.8 Å². The maximum Gasteiger partial charge on any atom is 0.258 e. The van der Waals surface area contributed by atoms with Crippen molar-refractivity contribution >= 4 is 11.8 Å². The Balaban J connectivity index is 1.86. The van der Waals surface area contributed by atoms with Gasteiger partial charge in [0, 0.05) is 26.2 Å². The van der Waals surface area contributed by atoms with E-state index in [1.807, 2.05) is 44.2 Å². The normalized spacial score (nSPS) is 10.2. The van der Waals surface area contributed by atoms with Crippen molar-refractivity contribution < 1.29 is 14.3 Å². The van der Waals surface area contributed by atoms with Gasteiger partial charge in [0.05, 0.1) is 0 Å². The fourth-order valence-electron chi connectivity index (χ4n) is 2.28. The van der Waals surface area contributed by atoms with Gasteiger partial charge in [0.1, 0.15) is 5.75 Å². The van der Waals surface area contributed by atoms with Gasteiger partial charge in [-0.15, -0.1) is 0 Å². The zero-order chi connectivity index (χ0) is 18.4. The summed E-state index contributed by atoms with van der Waals surface area (Å²) in [5.41, 5.74) is 3.78. The number of nitrogens with one attached hydrogen (secondary N) is 1. The summed E-state index contributed by atoms with van der Waals surface area (Å²) in [7, 11) is 3.42. The molecule has 2 aromatic rings. The van der Waals surface area contributed by atoms with Crippen molar-refractivity contribution in [2.24, 2.45) is 0 Å². The molecule has 2 amide bonds. The summed E-state index contributed by atoms with van der Waals surface area (Å²) in [6, 6.07) is 13.0. The van der Waals surface area contributed by atoms with E-state index in [1.54, 1.807) is 26.2 Å². The smallest absolute Gasteiger partial charge is 0.258 e. The molecule has 0 aliphatic rings. The van der Waals surface area contributed by atoms with E-state index in [0.717, 1.165) is 11.1 Å². The molecular weight excluding hydrogens is 316 g/mol. The Morgan fingerprint density at radius 2 is 1.80 bits per heavy atom. The molecule has 2 rings (SSSR count). The van der Waals surface area contributed by atoms with Crippen molar-refractivity contribution in [1.82, 2.24) is 10.2 Å². The zero-order valence-electron chi connectivity index (χ0n) is 15.1. The molecule has 0 aromatic heterocycles. The van der Waals surface area contributed by atoms with Gasteiger partial charge >= 0.3 is 0 Å². The molecule has 0 unspecified atom stereocenters. The molecule has 0 fully saturated rings. The maximum absolute atomic E-state index is 12.0. The second kappa shape index (κ2) is 8.33. The average Bonchev–Trinajstić information content (AvgIpc) is 2.60. The third-order valence-corrected chi connectivity index (χ3v) is 3.92. The van der Waals surface area contributed by atoms with Crippen LogP contribution in [-0.4, -0.2) is 37.4 Å². The lowest BCUT2D eigenvalue weighted by Gasteiger charge is -2.12. The highest BCUT2D eigenvalue weighted by atomic mass is 16.5. The van der Waals surface area contributed by atoms with Crippen LogP contribution in [0.15, 0.2) is 42.5 Å². The van der Waals surface area contributed by atoms with E-state index in [2.05, 4.69) is 5.32 Å². The second-order valence-electron chi connectivity index (χ2n) is 6.21. The van der Waals surface area contributed by atoms with Crippen LogP contribution in [0.1, 0.15) is 27.0 Å². The Bertz CT molecular complexity index is 769. The fraction of sp³-hybridized carbons (Fsp3) is 0.300. The number of hydrogen-bond donors (Lipinski definition) is 1. The van der Waals surface area contributed by atoms with Gasteiger partial charge in [-0.2, -0.15) is 0 Å². The minimum absolute atomic E-state index is 0.0428. The van der Waals surface area contributed by atoms with Crippen molar-refractivity contribution in [2.75, 3.05) is 20.7 Å². The minimum Gasteiger partial charge on any atom is -0.484 e. The number of amides is 2. The third-order valence-electron chi connectivity index (χ3n) is 3.92. The number of ether oxygens (including phenoxy) is 1. The predicted molar refractivity (Wildman–Crippen MR) is 97.7 cm³/mol. The Morgan fingerprint density at radius 3 is 2.48 bits per heavy atom. The lowest BCUT2D eigenvalue weighted by Crippen LogP contribution is -2.28. The molecule has 0 saturated carbocycles. The van der Waals surface area contributed by atoms with Crippen LogP contribution in [0.5, 0.6) is 5.75 Å². The van der Waals surface area contributed by atoms with Gasteiger partial charge in [-0.1, -0.05) is 18.2 Å². The van der Waals surface area contributed by atoms with Crippen LogP contribution in [0.25, 0.3) is 0 Å². The molecule has 0 atom stereocenters. The van der Waals surface area contributed by atoms with E-state index < -0.39 is 0 Å². The first kappa shape index (κ1) is 18.5. The minimum atomic E-state index is -0.206. The molecule has 25 heavy (non-hydrogen) atoms. The molecule has 1 N–H and O–H groups in total. The van der Waals surface area contributed by atoms with Crippen molar-refractivity contribution in [3.05, 3.63) is 64.7 Å². The summed E-state index contributed by atoms with van der Waals surface area (Å²) in [4.78, 5) is 25.4. The summed E-state index contributed by atoms with van der Waals surface area (Å²) < 4.78 is 5.51. The molecular formula is C20H24N2O3. The predicted octanol–water partition coefficient (Wildman–Crippen LogP) is 2.70. The van der Waals surface area contributed by atoms with Gasteiger partial charge < -0.3 is 15.0 Å². The van der Waals surface area contributed by atoms with Crippen molar-refractivity contribution in [1.29, 1.82) is 0 Å². The van der Waals surface area contributed by atoms with E-state index >= 15 is 0 Å². The van der Waals surface area contributed by atoms with Crippen molar-refractivity contribution in [2.45, 2.75) is 20.4 Å². The van der Waals surface area contributed by atoms with Crippen LogP contribution >= 0.6 is 0 Å². The SMILES string of the molecule is Cc1ccc(OCC(=O)NCc2cccc(C(=O)N(C)C)c2)cc1C. The van der Waals surface area contributed by atoms with Crippen LogP contribution in [0, 0.1) is 13.8 Å². The summed E-state index contributed by atoms with van der Waals surface area (Å²) in [5.74, 6) is 0.408. The Labute approximate surface area is 148 Å². The first-order chi connectivity index (χ1) is 11.9. The highest BCUT2D eigenvalue weighted by molar-refractivity contribution is 5.94. The lowest BCUT2D eigenvalue weighted by molar-refractivity contribution is -0.123. The van der Waals surface area contributed by atoms with E-state index in [9.17, 15) is 9.59 Å². The van der Waals surface area contributed by atoms with Crippen molar-refractivity contribution in [3.63, 3.8) is 0 Å². The molecule has 132 valence electrons. The molecule has 0 bridgehead atoms. The molecule has 0 aliphatic carbocycles. The molecule has 0 saturated heterocycles. The molecule has 5 heteroatoms. The average molecular weight is 340 g/mol. The topological polar surface area (TPSA) is 58.6 Å². The van der Waals surface area contributed by atoms with E-state index in [0.29, 0.717) is 17.9 Å². The Kier molecular flexibility index (Phi) is 6.17.